The van der Waals surface area contributed by atoms with Crippen molar-refractivity contribution < 1.29 is 18.3 Å². The molecule has 1 saturated carbocycles. The molecule has 0 heterocycles. The predicted molar refractivity (Wildman–Crippen MR) is 78.4 cm³/mol. The maximum Gasteiger partial charge on any atom is 0.335 e. The molecule has 5 nitrogen and oxygen atoms in total. The zero-order valence-corrected chi connectivity index (χ0v) is 13.4. The minimum atomic E-state index is -3.70. The van der Waals surface area contributed by atoms with Crippen molar-refractivity contribution in [2.45, 2.75) is 31.1 Å². The highest BCUT2D eigenvalue weighted by molar-refractivity contribution is 9.10. The summed E-state index contributed by atoms with van der Waals surface area (Å²) in [6.45, 7) is 2.05. The Balaban J connectivity index is 2.26. The number of rotatable bonds is 6. The average Bonchev–Trinajstić information content (AvgIpc) is 3.15. The molecule has 1 aromatic rings. The van der Waals surface area contributed by atoms with Gasteiger partial charge in [-0.05, 0) is 52.9 Å². The third-order valence-corrected chi connectivity index (χ3v) is 6.10. The lowest BCUT2D eigenvalue weighted by molar-refractivity contribution is 0.0696. The molecule has 0 aliphatic heterocycles. The standard InChI is InChI=1S/C13H16BrNO4S/c1-8-6-10(13(16)17)7-11(12(8)14)20(18,19)15-5-4-9-2-3-9/h6-7,9,15H,2-5H2,1H3,(H,16,17). The Morgan fingerprint density at radius 3 is 2.65 bits per heavy atom. The molecule has 1 aliphatic carbocycles. The van der Waals surface area contributed by atoms with Gasteiger partial charge in [0.05, 0.1) is 10.5 Å². The van der Waals surface area contributed by atoms with Gasteiger partial charge in [-0.1, -0.05) is 12.8 Å². The molecule has 0 amide bonds. The number of carboxylic acids is 1. The summed E-state index contributed by atoms with van der Waals surface area (Å²) >= 11 is 3.22. The summed E-state index contributed by atoms with van der Waals surface area (Å²) < 4.78 is 27.4. The summed E-state index contributed by atoms with van der Waals surface area (Å²) in [5, 5.41) is 9.02. The first-order valence-corrected chi connectivity index (χ1v) is 8.62. The number of halogens is 1. The van der Waals surface area contributed by atoms with Crippen LogP contribution in [0.5, 0.6) is 0 Å². The van der Waals surface area contributed by atoms with E-state index < -0.39 is 16.0 Å². The van der Waals surface area contributed by atoms with E-state index >= 15 is 0 Å². The van der Waals surface area contributed by atoms with Crippen LogP contribution < -0.4 is 4.72 Å². The lowest BCUT2D eigenvalue weighted by atomic mass is 10.1. The number of sulfonamides is 1. The lowest BCUT2D eigenvalue weighted by Crippen LogP contribution is -2.26. The highest BCUT2D eigenvalue weighted by atomic mass is 79.9. The second kappa shape index (κ2) is 5.83. The van der Waals surface area contributed by atoms with Gasteiger partial charge in [-0.3, -0.25) is 0 Å². The van der Waals surface area contributed by atoms with Crippen LogP contribution in [-0.4, -0.2) is 26.0 Å². The normalized spacial score (nSPS) is 15.3. The van der Waals surface area contributed by atoms with E-state index in [-0.39, 0.29) is 10.5 Å². The average molecular weight is 362 g/mol. The Bertz CT molecular complexity index is 638. The molecule has 0 spiro atoms. The molecular weight excluding hydrogens is 346 g/mol. The van der Waals surface area contributed by atoms with Gasteiger partial charge in [-0.2, -0.15) is 0 Å². The third kappa shape index (κ3) is 3.59. The smallest absolute Gasteiger partial charge is 0.335 e. The van der Waals surface area contributed by atoms with Crippen LogP contribution in [0.15, 0.2) is 21.5 Å². The first-order chi connectivity index (χ1) is 9.31. The molecule has 7 heteroatoms. The summed E-state index contributed by atoms with van der Waals surface area (Å²) in [6, 6.07) is 2.62. The van der Waals surface area contributed by atoms with Crippen molar-refractivity contribution in [1.82, 2.24) is 4.72 Å². The zero-order chi connectivity index (χ0) is 14.9. The molecule has 0 saturated heterocycles. The van der Waals surface area contributed by atoms with E-state index in [0.717, 1.165) is 6.42 Å². The monoisotopic (exact) mass is 361 g/mol. The fourth-order valence-corrected chi connectivity index (χ4v) is 4.03. The first-order valence-electron chi connectivity index (χ1n) is 6.34. The maximum atomic E-state index is 12.2. The summed E-state index contributed by atoms with van der Waals surface area (Å²) in [4.78, 5) is 11.0. The van der Waals surface area contributed by atoms with Gasteiger partial charge in [0.1, 0.15) is 0 Å². The zero-order valence-electron chi connectivity index (χ0n) is 11.0. The van der Waals surface area contributed by atoms with Crippen LogP contribution in [0.25, 0.3) is 0 Å². The van der Waals surface area contributed by atoms with Crippen molar-refractivity contribution in [2.24, 2.45) is 5.92 Å². The van der Waals surface area contributed by atoms with Crippen molar-refractivity contribution >= 4 is 31.9 Å². The second-order valence-corrected chi connectivity index (χ2v) is 7.57. The van der Waals surface area contributed by atoms with Gasteiger partial charge >= 0.3 is 5.97 Å². The van der Waals surface area contributed by atoms with Crippen molar-refractivity contribution in [2.75, 3.05) is 6.54 Å². The minimum Gasteiger partial charge on any atom is -0.478 e. The Kier molecular flexibility index (Phi) is 4.51. The van der Waals surface area contributed by atoms with Gasteiger partial charge in [0.2, 0.25) is 10.0 Å². The van der Waals surface area contributed by atoms with Crippen molar-refractivity contribution in [3.8, 4) is 0 Å². The molecule has 20 heavy (non-hydrogen) atoms. The van der Waals surface area contributed by atoms with E-state index in [2.05, 4.69) is 20.7 Å². The van der Waals surface area contributed by atoms with Gasteiger partial charge in [0.15, 0.2) is 0 Å². The van der Waals surface area contributed by atoms with E-state index in [4.69, 9.17) is 5.11 Å². The number of carbonyl (C=O) groups is 1. The summed E-state index contributed by atoms with van der Waals surface area (Å²) in [6.07, 6.45) is 3.16. The van der Waals surface area contributed by atoms with E-state index in [0.29, 0.717) is 22.5 Å². The van der Waals surface area contributed by atoms with E-state index in [1.165, 1.54) is 25.0 Å². The van der Waals surface area contributed by atoms with Crippen LogP contribution in [-0.2, 0) is 10.0 Å². The topological polar surface area (TPSA) is 83.5 Å². The number of carboxylic acid groups (broad SMARTS) is 1. The van der Waals surface area contributed by atoms with Crippen molar-refractivity contribution in [1.29, 1.82) is 0 Å². The molecule has 110 valence electrons. The fourth-order valence-electron chi connectivity index (χ4n) is 1.94. The molecule has 0 bridgehead atoms. The van der Waals surface area contributed by atoms with Gasteiger partial charge in [-0.15, -0.1) is 0 Å². The van der Waals surface area contributed by atoms with Crippen LogP contribution in [0.2, 0.25) is 0 Å². The van der Waals surface area contributed by atoms with Crippen LogP contribution >= 0.6 is 15.9 Å². The van der Waals surface area contributed by atoms with Crippen LogP contribution in [0.3, 0.4) is 0 Å². The predicted octanol–water partition coefficient (Wildman–Crippen LogP) is 2.53. The summed E-state index contributed by atoms with van der Waals surface area (Å²) in [7, 11) is -3.70. The Morgan fingerprint density at radius 1 is 1.45 bits per heavy atom. The highest BCUT2D eigenvalue weighted by Crippen LogP contribution is 2.32. The molecule has 1 fully saturated rings. The van der Waals surface area contributed by atoms with E-state index in [9.17, 15) is 13.2 Å². The largest absolute Gasteiger partial charge is 0.478 e. The van der Waals surface area contributed by atoms with Crippen LogP contribution in [0, 0.1) is 12.8 Å². The molecule has 0 radical (unpaired) electrons. The summed E-state index contributed by atoms with van der Waals surface area (Å²) in [5.41, 5.74) is 0.542. The molecule has 1 aromatic carbocycles. The number of nitrogens with one attached hydrogen (secondary N) is 1. The maximum absolute atomic E-state index is 12.2. The Labute approximate surface area is 126 Å². The molecule has 2 rings (SSSR count). The number of aromatic carboxylic acids is 1. The molecular formula is C13H16BrNO4S. The molecule has 0 aromatic heterocycles. The molecule has 0 atom stereocenters. The number of hydrogen-bond acceptors (Lipinski definition) is 3. The number of aryl methyl sites for hydroxylation is 1. The van der Waals surface area contributed by atoms with Crippen molar-refractivity contribution in [3.05, 3.63) is 27.7 Å². The van der Waals surface area contributed by atoms with Crippen molar-refractivity contribution in [3.63, 3.8) is 0 Å². The van der Waals surface area contributed by atoms with Gasteiger partial charge < -0.3 is 5.11 Å². The SMILES string of the molecule is Cc1cc(C(=O)O)cc(S(=O)(=O)NCCC2CC2)c1Br. The lowest BCUT2D eigenvalue weighted by Gasteiger charge is -2.11. The molecule has 0 unspecified atom stereocenters. The summed E-state index contributed by atoms with van der Waals surface area (Å²) in [5.74, 6) is -0.511. The minimum absolute atomic E-state index is 0.0225. The van der Waals surface area contributed by atoms with Gasteiger partial charge in [0, 0.05) is 11.0 Å². The fraction of sp³-hybridized carbons (Fsp3) is 0.462. The molecule has 2 N–H and O–H groups in total. The van der Waals surface area contributed by atoms with Crippen LogP contribution in [0.1, 0.15) is 35.2 Å². The van der Waals surface area contributed by atoms with E-state index in [1.54, 1.807) is 6.92 Å². The third-order valence-electron chi connectivity index (χ3n) is 3.30. The van der Waals surface area contributed by atoms with Gasteiger partial charge in [-0.25, -0.2) is 17.9 Å². The quantitative estimate of drug-likeness (QED) is 0.815. The Hall–Kier alpha value is -0.920. The molecule has 1 aliphatic rings. The number of hydrogen-bond donors (Lipinski definition) is 2. The van der Waals surface area contributed by atoms with E-state index in [1.807, 2.05) is 0 Å². The number of benzene rings is 1. The second-order valence-electron chi connectivity index (χ2n) is 5.04. The van der Waals surface area contributed by atoms with Crippen LogP contribution in [0.4, 0.5) is 0 Å². The Morgan fingerprint density at radius 2 is 2.10 bits per heavy atom. The highest BCUT2D eigenvalue weighted by Gasteiger charge is 2.24. The van der Waals surface area contributed by atoms with Gasteiger partial charge in [0.25, 0.3) is 0 Å². The first kappa shape index (κ1) is 15.5.